The lowest BCUT2D eigenvalue weighted by Gasteiger charge is -2.30. The minimum Gasteiger partial charge on any atom is -0.452 e. The van der Waals surface area contributed by atoms with Crippen LogP contribution in [0.15, 0.2) is 53.4 Å². The molecule has 172 valence electrons. The highest BCUT2D eigenvalue weighted by molar-refractivity contribution is 7.89. The number of amides is 1. The van der Waals surface area contributed by atoms with Crippen LogP contribution in [0.1, 0.15) is 25.3 Å². The summed E-state index contributed by atoms with van der Waals surface area (Å²) in [5, 5.41) is 3.09. The van der Waals surface area contributed by atoms with Gasteiger partial charge in [-0.05, 0) is 61.7 Å². The average molecular weight is 483 g/mol. The van der Waals surface area contributed by atoms with Gasteiger partial charge < -0.3 is 10.1 Å². The van der Waals surface area contributed by atoms with Crippen LogP contribution in [-0.2, 0) is 30.9 Å². The summed E-state index contributed by atoms with van der Waals surface area (Å²) in [4.78, 5) is 24.8. The maximum absolute atomic E-state index is 12.9. The molecule has 3 rings (SSSR count). The topological polar surface area (TPSA) is 92.8 Å². The molecule has 0 aliphatic carbocycles. The van der Waals surface area contributed by atoms with Crippen molar-refractivity contribution >= 4 is 33.5 Å². The van der Waals surface area contributed by atoms with Crippen molar-refractivity contribution in [2.24, 2.45) is 5.92 Å². The van der Waals surface area contributed by atoms with Crippen LogP contribution in [0.3, 0.4) is 0 Å². The van der Waals surface area contributed by atoms with Crippen molar-refractivity contribution in [1.82, 2.24) is 9.62 Å². The van der Waals surface area contributed by atoms with Crippen LogP contribution in [-0.4, -0.2) is 43.8 Å². The third kappa shape index (κ3) is 6.05. The molecule has 1 fully saturated rings. The number of halogens is 2. The number of nitrogens with one attached hydrogen (secondary N) is 1. The van der Waals surface area contributed by atoms with Gasteiger partial charge in [0.15, 0.2) is 6.10 Å². The fraction of sp³-hybridized carbons (Fsp3) is 0.364. The van der Waals surface area contributed by atoms with Gasteiger partial charge >= 0.3 is 5.97 Å². The fourth-order valence-electron chi connectivity index (χ4n) is 3.35. The molecule has 1 aliphatic heterocycles. The zero-order valence-electron chi connectivity index (χ0n) is 17.5. The van der Waals surface area contributed by atoms with Gasteiger partial charge in [-0.25, -0.2) is 12.8 Å². The van der Waals surface area contributed by atoms with Gasteiger partial charge in [-0.3, -0.25) is 9.59 Å². The van der Waals surface area contributed by atoms with Crippen LogP contribution >= 0.6 is 11.6 Å². The number of sulfonamides is 1. The first-order chi connectivity index (χ1) is 15.2. The first-order valence-electron chi connectivity index (χ1n) is 10.1. The van der Waals surface area contributed by atoms with Crippen LogP contribution in [0.25, 0.3) is 0 Å². The summed E-state index contributed by atoms with van der Waals surface area (Å²) < 4.78 is 45.0. The predicted octanol–water partition coefficient (Wildman–Crippen LogP) is 3.13. The lowest BCUT2D eigenvalue weighted by molar-refractivity contribution is -0.159. The van der Waals surface area contributed by atoms with Gasteiger partial charge in [0.1, 0.15) is 5.82 Å². The number of hydrogen-bond acceptors (Lipinski definition) is 5. The van der Waals surface area contributed by atoms with E-state index in [0.717, 1.165) is 0 Å². The molecular formula is C22H24ClFN2O5S. The van der Waals surface area contributed by atoms with Crippen molar-refractivity contribution in [3.63, 3.8) is 0 Å². The van der Waals surface area contributed by atoms with E-state index < -0.39 is 33.9 Å². The Bertz CT molecular complexity index is 1050. The molecule has 0 radical (unpaired) electrons. The summed E-state index contributed by atoms with van der Waals surface area (Å²) in [5.74, 6) is -1.85. The van der Waals surface area contributed by atoms with E-state index in [9.17, 15) is 22.4 Å². The third-order valence-corrected chi connectivity index (χ3v) is 7.45. The molecule has 7 nitrogen and oxygen atoms in total. The smallest absolute Gasteiger partial charge is 0.309 e. The average Bonchev–Trinajstić information content (AvgIpc) is 2.78. The highest BCUT2D eigenvalue weighted by Gasteiger charge is 2.33. The Morgan fingerprint density at radius 3 is 2.31 bits per heavy atom. The van der Waals surface area contributed by atoms with Crippen LogP contribution in [0.2, 0.25) is 5.02 Å². The Morgan fingerprint density at radius 2 is 1.72 bits per heavy atom. The molecule has 0 saturated carbocycles. The number of ether oxygens (including phenoxy) is 1. The summed E-state index contributed by atoms with van der Waals surface area (Å²) >= 11 is 5.82. The van der Waals surface area contributed by atoms with Crippen molar-refractivity contribution < 1.29 is 27.1 Å². The lowest BCUT2D eigenvalue weighted by atomic mass is 9.98. The van der Waals surface area contributed by atoms with Gasteiger partial charge in [-0.15, -0.1) is 0 Å². The third-order valence-electron chi connectivity index (χ3n) is 5.28. The highest BCUT2D eigenvalue weighted by atomic mass is 35.5. The van der Waals surface area contributed by atoms with Gasteiger partial charge in [0.25, 0.3) is 5.91 Å². The summed E-state index contributed by atoms with van der Waals surface area (Å²) in [7, 11) is -3.67. The minimum absolute atomic E-state index is 0.148. The first kappa shape index (κ1) is 24.2. The molecule has 1 atom stereocenters. The Labute approximate surface area is 191 Å². The fourth-order valence-corrected chi connectivity index (χ4v) is 4.94. The van der Waals surface area contributed by atoms with Crippen molar-refractivity contribution in [2.45, 2.75) is 37.3 Å². The van der Waals surface area contributed by atoms with Gasteiger partial charge in [0, 0.05) is 24.7 Å². The molecule has 2 aromatic rings. The molecule has 32 heavy (non-hydrogen) atoms. The predicted molar refractivity (Wildman–Crippen MR) is 117 cm³/mol. The maximum Gasteiger partial charge on any atom is 0.309 e. The van der Waals surface area contributed by atoms with Crippen LogP contribution < -0.4 is 5.32 Å². The van der Waals surface area contributed by atoms with E-state index >= 15 is 0 Å². The molecule has 1 N–H and O–H groups in total. The molecule has 1 unspecified atom stereocenters. The molecule has 0 aromatic heterocycles. The van der Waals surface area contributed by atoms with E-state index in [-0.39, 0.29) is 30.3 Å². The number of carbonyl (C=O) groups excluding carboxylic acids is 2. The highest BCUT2D eigenvalue weighted by Crippen LogP contribution is 2.25. The van der Waals surface area contributed by atoms with E-state index in [1.54, 1.807) is 12.1 Å². The quantitative estimate of drug-likeness (QED) is 0.612. The van der Waals surface area contributed by atoms with Crippen molar-refractivity contribution in [3.05, 3.63) is 64.9 Å². The Hall–Kier alpha value is -2.49. The zero-order chi connectivity index (χ0) is 23.3. The molecule has 2 aromatic carbocycles. The van der Waals surface area contributed by atoms with Crippen molar-refractivity contribution in [1.29, 1.82) is 0 Å². The molecule has 1 amide bonds. The van der Waals surface area contributed by atoms with Crippen LogP contribution in [0.5, 0.6) is 0 Å². The molecule has 10 heteroatoms. The maximum atomic E-state index is 12.9. The second kappa shape index (κ2) is 10.4. The van der Waals surface area contributed by atoms with E-state index in [0.29, 0.717) is 23.4 Å². The number of piperidine rings is 1. The van der Waals surface area contributed by atoms with Gasteiger partial charge in [0.2, 0.25) is 10.0 Å². The van der Waals surface area contributed by atoms with Gasteiger partial charge in [-0.1, -0.05) is 23.7 Å². The van der Waals surface area contributed by atoms with Gasteiger partial charge in [-0.2, -0.15) is 4.31 Å². The van der Waals surface area contributed by atoms with E-state index in [4.69, 9.17) is 16.3 Å². The molecule has 1 saturated heterocycles. The summed E-state index contributed by atoms with van der Waals surface area (Å²) in [6.07, 6.45) is -0.399. The molecule has 0 spiro atoms. The van der Waals surface area contributed by atoms with Gasteiger partial charge in [0.05, 0.1) is 10.8 Å². The lowest BCUT2D eigenvalue weighted by Crippen LogP contribution is -2.42. The number of benzene rings is 2. The van der Waals surface area contributed by atoms with Crippen LogP contribution in [0, 0.1) is 11.7 Å². The van der Waals surface area contributed by atoms with Crippen molar-refractivity contribution in [3.8, 4) is 0 Å². The summed E-state index contributed by atoms with van der Waals surface area (Å²) in [5.41, 5.74) is 0.715. The normalized spacial score (nSPS) is 16.3. The minimum atomic E-state index is -3.67. The number of rotatable bonds is 7. The molecule has 1 aliphatic rings. The van der Waals surface area contributed by atoms with E-state index in [1.807, 2.05) is 0 Å². The molecule has 1 heterocycles. The molecule has 0 bridgehead atoms. The second-order valence-corrected chi connectivity index (χ2v) is 9.93. The molecular weight excluding hydrogens is 459 g/mol. The summed E-state index contributed by atoms with van der Waals surface area (Å²) in [6, 6.07) is 11.6. The second-order valence-electron chi connectivity index (χ2n) is 7.56. The first-order valence-corrected chi connectivity index (χ1v) is 12.0. The van der Waals surface area contributed by atoms with E-state index in [2.05, 4.69) is 5.32 Å². The van der Waals surface area contributed by atoms with E-state index in [1.165, 1.54) is 47.6 Å². The van der Waals surface area contributed by atoms with Crippen molar-refractivity contribution in [2.75, 3.05) is 13.1 Å². The monoisotopic (exact) mass is 482 g/mol. The Kier molecular flexibility index (Phi) is 7.86. The zero-order valence-corrected chi connectivity index (χ0v) is 19.0. The summed E-state index contributed by atoms with van der Waals surface area (Å²) in [6.45, 7) is 2.01. The Balaban J connectivity index is 1.47. The number of nitrogens with zero attached hydrogens (tertiary/aromatic N) is 1. The SMILES string of the molecule is CC(OC(=O)C1CCN(S(=O)(=O)c2ccc(Cl)cc2)CC1)C(=O)NCc1ccc(F)cc1. The van der Waals surface area contributed by atoms with Crippen LogP contribution in [0.4, 0.5) is 4.39 Å². The number of carbonyl (C=O) groups is 2. The Morgan fingerprint density at radius 1 is 1.12 bits per heavy atom. The number of hydrogen-bond donors (Lipinski definition) is 1. The number of esters is 1. The largest absolute Gasteiger partial charge is 0.452 e. The standard InChI is InChI=1S/C22H24ClFN2O5S/c1-15(21(27)25-14-16-2-6-19(24)7-3-16)31-22(28)17-10-12-26(13-11-17)32(29,30)20-8-4-18(23)5-9-20/h2-9,15,17H,10-14H2,1H3,(H,25,27).